The maximum atomic E-state index is 4.37. The van der Waals surface area contributed by atoms with Crippen molar-refractivity contribution in [3.8, 4) is 0 Å². The minimum absolute atomic E-state index is 0. The van der Waals surface area contributed by atoms with Crippen LogP contribution < -0.4 is 10.6 Å². The van der Waals surface area contributed by atoms with E-state index in [2.05, 4.69) is 57.9 Å². The number of nitrogens with one attached hydrogen (secondary N) is 2. The Kier molecular flexibility index (Phi) is 7.36. The Balaban J connectivity index is 0.00000208. The molecular weight excluding hydrogens is 451 g/mol. The number of thiazole rings is 1. The molecule has 2 aromatic rings. The minimum Gasteiger partial charge on any atom is -0.355 e. The smallest absolute Gasteiger partial charge is 0.191 e. The highest BCUT2D eigenvalue weighted by molar-refractivity contribution is 14.0. The lowest BCUT2D eigenvalue weighted by Crippen LogP contribution is -2.40. The Morgan fingerprint density at radius 3 is 2.62 bits per heavy atom. The monoisotopic (exact) mass is 474 g/mol. The largest absolute Gasteiger partial charge is 0.355 e. The number of aryl methyl sites for hydroxylation is 1. The normalized spacial score (nSPS) is 15.5. The van der Waals surface area contributed by atoms with Crippen LogP contribution in [0.4, 0.5) is 0 Å². The number of guanidine groups is 1. The maximum Gasteiger partial charge on any atom is 0.191 e. The van der Waals surface area contributed by atoms with Crippen LogP contribution in [0.5, 0.6) is 0 Å². The average Bonchev–Trinajstić information content (AvgIpc) is 3.20. The van der Waals surface area contributed by atoms with Gasteiger partial charge in [0, 0.05) is 34.3 Å². The summed E-state index contributed by atoms with van der Waals surface area (Å²) in [6.45, 7) is 3.73. The van der Waals surface area contributed by atoms with Crippen LogP contribution in [0.25, 0.3) is 0 Å². The van der Waals surface area contributed by atoms with Gasteiger partial charge in [-0.05, 0) is 31.9 Å². The molecule has 24 heavy (non-hydrogen) atoms. The fraction of sp³-hybridized carbons (Fsp3) is 0.412. The summed E-state index contributed by atoms with van der Waals surface area (Å²) in [6, 6.07) is 10.6. The van der Waals surface area contributed by atoms with Crippen LogP contribution >= 0.6 is 47.1 Å². The lowest BCUT2D eigenvalue weighted by molar-refractivity contribution is 0.764. The van der Waals surface area contributed by atoms with Gasteiger partial charge < -0.3 is 10.6 Å². The van der Waals surface area contributed by atoms with Crippen molar-refractivity contribution in [3.63, 3.8) is 0 Å². The van der Waals surface area contributed by atoms with E-state index in [9.17, 15) is 0 Å². The first-order valence-corrected chi connectivity index (χ1v) is 9.42. The van der Waals surface area contributed by atoms with Crippen molar-refractivity contribution in [1.82, 2.24) is 15.6 Å². The van der Waals surface area contributed by atoms with Crippen molar-refractivity contribution in [1.29, 1.82) is 0 Å². The van der Waals surface area contributed by atoms with E-state index in [-0.39, 0.29) is 24.0 Å². The molecule has 0 atom stereocenters. The third kappa shape index (κ3) is 5.63. The Bertz CT molecular complexity index is 668. The lowest BCUT2D eigenvalue weighted by atomic mass is 10.4. The molecule has 1 fully saturated rings. The van der Waals surface area contributed by atoms with E-state index in [4.69, 9.17) is 0 Å². The van der Waals surface area contributed by atoms with Gasteiger partial charge in [0.15, 0.2) is 5.96 Å². The number of thioether (sulfide) groups is 1. The van der Waals surface area contributed by atoms with E-state index in [1.54, 1.807) is 11.3 Å². The van der Waals surface area contributed by atoms with Gasteiger partial charge in [0.05, 0.1) is 6.54 Å². The molecule has 7 heteroatoms. The molecule has 1 aliphatic rings. The van der Waals surface area contributed by atoms with Crippen molar-refractivity contribution in [2.75, 3.05) is 13.6 Å². The van der Waals surface area contributed by atoms with E-state index >= 15 is 0 Å². The van der Waals surface area contributed by atoms with Gasteiger partial charge in [0.1, 0.15) is 5.01 Å². The molecule has 0 radical (unpaired) electrons. The number of benzene rings is 1. The van der Waals surface area contributed by atoms with Gasteiger partial charge in [-0.25, -0.2) is 4.98 Å². The summed E-state index contributed by atoms with van der Waals surface area (Å²) in [5.41, 5.74) is 0. The van der Waals surface area contributed by atoms with Crippen LogP contribution in [0.15, 0.2) is 46.4 Å². The first-order valence-electron chi connectivity index (χ1n) is 7.79. The van der Waals surface area contributed by atoms with Gasteiger partial charge >= 0.3 is 0 Å². The van der Waals surface area contributed by atoms with Crippen LogP contribution in [0.2, 0.25) is 0 Å². The molecular formula is C17H23IN4S2. The highest BCUT2D eigenvalue weighted by Gasteiger charge is 2.43. The van der Waals surface area contributed by atoms with E-state index in [1.807, 2.05) is 25.0 Å². The van der Waals surface area contributed by atoms with Crippen molar-refractivity contribution in [3.05, 3.63) is 46.4 Å². The molecule has 0 bridgehead atoms. The van der Waals surface area contributed by atoms with E-state index in [0.29, 0.717) is 4.75 Å². The van der Waals surface area contributed by atoms with Gasteiger partial charge in [-0.3, -0.25) is 4.99 Å². The fourth-order valence-electron chi connectivity index (χ4n) is 2.30. The van der Waals surface area contributed by atoms with Crippen molar-refractivity contribution < 1.29 is 0 Å². The minimum atomic E-state index is 0. The summed E-state index contributed by atoms with van der Waals surface area (Å²) in [4.78, 5) is 11.3. The molecule has 0 aliphatic heterocycles. The number of rotatable bonds is 6. The number of nitrogens with zero attached hydrogens (tertiary/aromatic N) is 2. The Morgan fingerprint density at radius 1 is 1.29 bits per heavy atom. The highest BCUT2D eigenvalue weighted by Crippen LogP contribution is 2.51. The van der Waals surface area contributed by atoms with Crippen LogP contribution in [0.1, 0.15) is 22.7 Å². The molecule has 1 aliphatic carbocycles. The van der Waals surface area contributed by atoms with E-state index in [0.717, 1.165) is 24.1 Å². The van der Waals surface area contributed by atoms with E-state index in [1.165, 1.54) is 22.6 Å². The third-order valence-electron chi connectivity index (χ3n) is 3.76. The highest BCUT2D eigenvalue weighted by atomic mass is 127. The van der Waals surface area contributed by atoms with Crippen LogP contribution in [-0.4, -0.2) is 29.3 Å². The number of hydrogen-bond acceptors (Lipinski definition) is 4. The summed E-state index contributed by atoms with van der Waals surface area (Å²) in [7, 11) is 1.81. The van der Waals surface area contributed by atoms with Gasteiger partial charge in [-0.15, -0.1) is 47.1 Å². The zero-order valence-corrected chi connectivity index (χ0v) is 17.9. The van der Waals surface area contributed by atoms with Crippen molar-refractivity contribution in [2.45, 2.75) is 36.0 Å². The predicted octanol–water partition coefficient (Wildman–Crippen LogP) is 4.06. The number of aliphatic imine (C=N–C) groups is 1. The van der Waals surface area contributed by atoms with Gasteiger partial charge in [0.25, 0.3) is 0 Å². The third-order valence-corrected chi connectivity index (χ3v) is 6.17. The molecule has 1 saturated carbocycles. The van der Waals surface area contributed by atoms with Gasteiger partial charge in [0.2, 0.25) is 0 Å². The van der Waals surface area contributed by atoms with Crippen LogP contribution in [0, 0.1) is 6.92 Å². The predicted molar refractivity (Wildman–Crippen MR) is 115 cm³/mol. The molecule has 3 rings (SSSR count). The quantitative estimate of drug-likeness (QED) is 0.377. The van der Waals surface area contributed by atoms with Gasteiger partial charge in [-0.1, -0.05) is 18.2 Å². The summed E-state index contributed by atoms with van der Waals surface area (Å²) in [6.07, 6.45) is 4.41. The van der Waals surface area contributed by atoms with E-state index < -0.39 is 0 Å². The van der Waals surface area contributed by atoms with Crippen LogP contribution in [-0.2, 0) is 6.54 Å². The molecule has 1 heterocycles. The second kappa shape index (κ2) is 9.05. The Hall–Kier alpha value is -0.800. The molecule has 2 N–H and O–H groups in total. The molecule has 4 nitrogen and oxygen atoms in total. The number of hydrogen-bond donors (Lipinski definition) is 2. The summed E-state index contributed by atoms with van der Waals surface area (Å²) < 4.78 is 0.316. The van der Waals surface area contributed by atoms with Crippen molar-refractivity contribution >= 4 is 53.0 Å². The molecule has 130 valence electrons. The molecule has 0 amide bonds. The summed E-state index contributed by atoms with van der Waals surface area (Å²) in [5.74, 6) is 0.845. The SMILES string of the molecule is CN=C(NCc1ncc(C)s1)NCC1(Sc2ccccc2)CC1.I. The summed E-state index contributed by atoms with van der Waals surface area (Å²) >= 11 is 3.69. The first-order chi connectivity index (χ1) is 11.2. The number of halogens is 1. The molecule has 1 aromatic carbocycles. The maximum absolute atomic E-state index is 4.37. The first kappa shape index (κ1) is 19.5. The molecule has 0 spiro atoms. The molecule has 1 aromatic heterocycles. The zero-order valence-electron chi connectivity index (χ0n) is 13.9. The standard InChI is InChI=1S/C17H22N4S2.HI/c1-13-10-19-15(22-13)11-20-16(18-2)21-12-17(8-9-17)23-14-6-4-3-5-7-14;/h3-7,10H,8-9,11-12H2,1-2H3,(H2,18,20,21);1H. The average molecular weight is 474 g/mol. The Morgan fingerprint density at radius 2 is 2.04 bits per heavy atom. The fourth-order valence-corrected chi connectivity index (χ4v) is 4.27. The lowest BCUT2D eigenvalue weighted by Gasteiger charge is -2.18. The zero-order chi connectivity index (χ0) is 16.1. The van der Waals surface area contributed by atoms with Crippen LogP contribution in [0.3, 0.4) is 0 Å². The Labute approximate surface area is 169 Å². The summed E-state index contributed by atoms with van der Waals surface area (Å²) in [5, 5.41) is 7.89. The number of aromatic nitrogens is 1. The molecule has 0 unspecified atom stereocenters. The second-order valence-corrected chi connectivity index (χ2v) is 8.60. The van der Waals surface area contributed by atoms with Gasteiger partial charge in [-0.2, -0.15) is 0 Å². The van der Waals surface area contributed by atoms with Crippen molar-refractivity contribution in [2.24, 2.45) is 4.99 Å². The topological polar surface area (TPSA) is 49.3 Å². The molecule has 0 saturated heterocycles. The second-order valence-electron chi connectivity index (χ2n) is 5.74.